The second kappa shape index (κ2) is 3.30. The maximum absolute atomic E-state index is 10.6. The molecule has 2 aromatic rings. The molecule has 70 valence electrons. The number of carbonyl (C=O) groups is 1. The first kappa shape index (κ1) is 9.01. The first-order valence-electron chi connectivity index (χ1n) is 3.68. The lowest BCUT2D eigenvalue weighted by Gasteiger charge is -1.97. The number of rotatable bonds is 1. The molecule has 0 aromatic carbocycles. The summed E-state index contributed by atoms with van der Waals surface area (Å²) in [5.74, 6) is -1.37. The van der Waals surface area contributed by atoms with Crippen molar-refractivity contribution < 1.29 is 9.90 Å². The molecule has 2 heterocycles. The minimum atomic E-state index is -1.15. The van der Waals surface area contributed by atoms with Gasteiger partial charge < -0.3 is 5.11 Å². The van der Waals surface area contributed by atoms with Gasteiger partial charge in [-0.05, 0) is 22.0 Å². The molecule has 0 aliphatic heterocycles. The molecule has 0 atom stereocenters. The Morgan fingerprint density at radius 1 is 1.29 bits per heavy atom. The normalized spacial score (nSPS) is 10.4. The van der Waals surface area contributed by atoms with Crippen LogP contribution in [0.4, 0.5) is 0 Å². The van der Waals surface area contributed by atoms with Crippen molar-refractivity contribution in [1.82, 2.24) is 15.0 Å². The Hall–Kier alpha value is -1.56. The van der Waals surface area contributed by atoms with E-state index in [1.54, 1.807) is 12.3 Å². The Bertz CT molecular complexity index is 515. The molecule has 14 heavy (non-hydrogen) atoms. The third kappa shape index (κ3) is 1.56. The predicted molar refractivity (Wildman–Crippen MR) is 52.0 cm³/mol. The molecule has 0 saturated heterocycles. The van der Waals surface area contributed by atoms with Gasteiger partial charge in [0.15, 0.2) is 0 Å². The highest BCUT2D eigenvalue weighted by molar-refractivity contribution is 9.10. The highest BCUT2D eigenvalue weighted by Crippen LogP contribution is 2.14. The molecular weight excluding hydrogens is 250 g/mol. The van der Waals surface area contributed by atoms with E-state index in [-0.39, 0.29) is 5.82 Å². The number of nitrogens with zero attached hydrogens (tertiary/aromatic N) is 3. The first-order chi connectivity index (χ1) is 6.66. The third-order valence-corrected chi connectivity index (χ3v) is 2.02. The lowest BCUT2D eigenvalue weighted by atomic mass is 10.3. The fourth-order valence-electron chi connectivity index (χ4n) is 0.996. The summed E-state index contributed by atoms with van der Waals surface area (Å²) in [6, 6.07) is 1.69. The predicted octanol–water partition coefficient (Wildman–Crippen LogP) is 1.49. The van der Waals surface area contributed by atoms with Gasteiger partial charge >= 0.3 is 5.97 Å². The molecule has 0 radical (unpaired) electrons. The van der Waals surface area contributed by atoms with Gasteiger partial charge in [-0.3, -0.25) is 4.98 Å². The van der Waals surface area contributed by atoms with Crippen LogP contribution >= 0.6 is 15.9 Å². The number of halogens is 1. The zero-order chi connectivity index (χ0) is 10.1. The van der Waals surface area contributed by atoms with Crippen LogP contribution in [0.3, 0.4) is 0 Å². The summed E-state index contributed by atoms with van der Waals surface area (Å²) in [5.41, 5.74) is 1.07. The Morgan fingerprint density at radius 2 is 2.07 bits per heavy atom. The largest absolute Gasteiger partial charge is 0.475 e. The number of carboxylic acids is 1. The Balaban J connectivity index is 2.69. The van der Waals surface area contributed by atoms with Crippen LogP contribution in [-0.2, 0) is 0 Å². The monoisotopic (exact) mass is 253 g/mol. The maximum atomic E-state index is 10.6. The standard InChI is InChI=1S/C8H4BrN3O2/c9-4-1-5-6(10-2-4)3-11-7(12-5)8(13)14/h1-3H,(H,13,14). The fourth-order valence-corrected chi connectivity index (χ4v) is 1.32. The van der Waals surface area contributed by atoms with Gasteiger partial charge in [-0.1, -0.05) is 0 Å². The van der Waals surface area contributed by atoms with Crippen LogP contribution < -0.4 is 0 Å². The third-order valence-electron chi connectivity index (χ3n) is 1.59. The lowest BCUT2D eigenvalue weighted by Crippen LogP contribution is -2.03. The smallest absolute Gasteiger partial charge is 0.373 e. The van der Waals surface area contributed by atoms with Crippen LogP contribution in [-0.4, -0.2) is 26.0 Å². The number of fused-ring (bicyclic) bond motifs is 1. The van der Waals surface area contributed by atoms with Crippen molar-refractivity contribution in [3.8, 4) is 0 Å². The Morgan fingerprint density at radius 3 is 2.79 bits per heavy atom. The molecule has 0 unspecified atom stereocenters. The summed E-state index contributed by atoms with van der Waals surface area (Å²) >= 11 is 3.22. The molecule has 0 aliphatic carbocycles. The van der Waals surface area contributed by atoms with Gasteiger partial charge in [-0.2, -0.15) is 0 Å². The van der Waals surface area contributed by atoms with E-state index in [1.165, 1.54) is 6.20 Å². The van der Waals surface area contributed by atoms with Crippen LogP contribution in [0.15, 0.2) is 22.9 Å². The number of aromatic nitrogens is 3. The zero-order valence-corrected chi connectivity index (χ0v) is 8.39. The minimum Gasteiger partial charge on any atom is -0.475 e. The van der Waals surface area contributed by atoms with Gasteiger partial charge in [0.2, 0.25) is 5.82 Å². The van der Waals surface area contributed by atoms with Crippen molar-refractivity contribution in [2.45, 2.75) is 0 Å². The average molecular weight is 254 g/mol. The second-order valence-corrected chi connectivity index (χ2v) is 3.47. The van der Waals surface area contributed by atoms with E-state index in [1.807, 2.05) is 0 Å². The molecule has 1 N–H and O–H groups in total. The molecule has 6 heteroatoms. The van der Waals surface area contributed by atoms with Gasteiger partial charge in [-0.25, -0.2) is 14.8 Å². The molecule has 0 fully saturated rings. The van der Waals surface area contributed by atoms with E-state index in [9.17, 15) is 4.79 Å². The fraction of sp³-hybridized carbons (Fsp3) is 0. The Kier molecular flexibility index (Phi) is 2.12. The SMILES string of the molecule is O=C(O)c1ncc2ncc(Br)cc2n1. The minimum absolute atomic E-state index is 0.225. The van der Waals surface area contributed by atoms with Gasteiger partial charge in [0.25, 0.3) is 0 Å². The van der Waals surface area contributed by atoms with E-state index in [0.29, 0.717) is 11.0 Å². The molecular formula is C8H4BrN3O2. The van der Waals surface area contributed by atoms with Crippen molar-refractivity contribution in [2.24, 2.45) is 0 Å². The summed E-state index contributed by atoms with van der Waals surface area (Å²) < 4.78 is 0.750. The van der Waals surface area contributed by atoms with E-state index >= 15 is 0 Å². The highest BCUT2D eigenvalue weighted by Gasteiger charge is 2.07. The summed E-state index contributed by atoms with van der Waals surface area (Å²) in [5, 5.41) is 8.66. The van der Waals surface area contributed by atoms with Crippen molar-refractivity contribution >= 4 is 32.9 Å². The lowest BCUT2D eigenvalue weighted by molar-refractivity contribution is 0.0684. The van der Waals surface area contributed by atoms with Gasteiger partial charge in [0.05, 0.1) is 11.7 Å². The van der Waals surface area contributed by atoms with Gasteiger partial charge in [0, 0.05) is 10.7 Å². The summed E-state index contributed by atoms with van der Waals surface area (Å²) in [7, 11) is 0. The van der Waals surface area contributed by atoms with E-state index in [2.05, 4.69) is 30.9 Å². The molecule has 2 rings (SSSR count). The zero-order valence-electron chi connectivity index (χ0n) is 6.81. The topological polar surface area (TPSA) is 76.0 Å². The number of hydrogen-bond donors (Lipinski definition) is 1. The van der Waals surface area contributed by atoms with Crippen LogP contribution in [0.2, 0.25) is 0 Å². The van der Waals surface area contributed by atoms with E-state index in [4.69, 9.17) is 5.11 Å². The summed E-state index contributed by atoms with van der Waals surface area (Å²) in [6.07, 6.45) is 2.99. The van der Waals surface area contributed by atoms with E-state index in [0.717, 1.165) is 4.47 Å². The molecule has 0 amide bonds. The quantitative estimate of drug-likeness (QED) is 0.834. The van der Waals surface area contributed by atoms with Crippen molar-refractivity contribution in [1.29, 1.82) is 0 Å². The Labute approximate surface area is 87.0 Å². The average Bonchev–Trinajstić information content (AvgIpc) is 2.16. The van der Waals surface area contributed by atoms with Crippen molar-refractivity contribution in [2.75, 3.05) is 0 Å². The van der Waals surface area contributed by atoms with E-state index < -0.39 is 5.97 Å². The molecule has 2 aromatic heterocycles. The number of carboxylic acid groups (broad SMARTS) is 1. The summed E-state index contributed by atoms with van der Waals surface area (Å²) in [6.45, 7) is 0. The molecule has 0 spiro atoms. The molecule has 0 saturated carbocycles. The van der Waals surface area contributed by atoms with Crippen LogP contribution in [0, 0.1) is 0 Å². The van der Waals surface area contributed by atoms with Crippen molar-refractivity contribution in [3.05, 3.63) is 28.8 Å². The van der Waals surface area contributed by atoms with Gasteiger partial charge in [0.1, 0.15) is 5.52 Å². The van der Waals surface area contributed by atoms with Crippen LogP contribution in [0.5, 0.6) is 0 Å². The van der Waals surface area contributed by atoms with Crippen LogP contribution in [0.25, 0.3) is 11.0 Å². The molecule has 0 bridgehead atoms. The molecule has 5 nitrogen and oxygen atoms in total. The second-order valence-electron chi connectivity index (χ2n) is 2.56. The van der Waals surface area contributed by atoms with Crippen LogP contribution in [0.1, 0.15) is 10.6 Å². The maximum Gasteiger partial charge on any atom is 0.373 e. The number of hydrogen-bond acceptors (Lipinski definition) is 4. The first-order valence-corrected chi connectivity index (χ1v) is 4.48. The van der Waals surface area contributed by atoms with Crippen molar-refractivity contribution in [3.63, 3.8) is 0 Å². The summed E-state index contributed by atoms with van der Waals surface area (Å²) in [4.78, 5) is 22.1. The number of aromatic carboxylic acids is 1. The molecule has 0 aliphatic rings. The number of pyridine rings is 1. The van der Waals surface area contributed by atoms with Gasteiger partial charge in [-0.15, -0.1) is 0 Å². The highest BCUT2D eigenvalue weighted by atomic mass is 79.9.